The zero-order valence-corrected chi connectivity index (χ0v) is 14.0. The van der Waals surface area contributed by atoms with Crippen molar-refractivity contribution in [1.82, 2.24) is 20.5 Å². The van der Waals surface area contributed by atoms with Crippen LogP contribution in [0.4, 0.5) is 5.82 Å². The molecular formula is C16H19N5O4. The summed E-state index contributed by atoms with van der Waals surface area (Å²) in [7, 11) is 2.96. The lowest BCUT2D eigenvalue weighted by Gasteiger charge is -2.17. The van der Waals surface area contributed by atoms with Gasteiger partial charge in [0.05, 0.1) is 14.2 Å². The van der Waals surface area contributed by atoms with Crippen molar-refractivity contribution in [2.75, 3.05) is 32.2 Å². The van der Waals surface area contributed by atoms with E-state index in [1.807, 2.05) is 4.90 Å². The van der Waals surface area contributed by atoms with Crippen molar-refractivity contribution >= 4 is 11.7 Å². The number of nitrogens with one attached hydrogen (secondary N) is 2. The number of rotatable bonds is 5. The van der Waals surface area contributed by atoms with Crippen molar-refractivity contribution in [3.8, 4) is 11.8 Å². The van der Waals surface area contributed by atoms with Gasteiger partial charge in [0.1, 0.15) is 11.4 Å². The van der Waals surface area contributed by atoms with Crippen LogP contribution in [-0.2, 0) is 0 Å². The van der Waals surface area contributed by atoms with Crippen molar-refractivity contribution in [3.63, 3.8) is 0 Å². The Kier molecular flexibility index (Phi) is 4.82. The number of carbonyl (C=O) groups is 1. The maximum atomic E-state index is 12.5. The first-order chi connectivity index (χ1) is 12.1. The van der Waals surface area contributed by atoms with Crippen LogP contribution in [0.2, 0.25) is 0 Å². The zero-order valence-electron chi connectivity index (χ0n) is 14.0. The van der Waals surface area contributed by atoms with Crippen LogP contribution in [0.3, 0.4) is 0 Å². The zero-order chi connectivity index (χ0) is 17.8. The van der Waals surface area contributed by atoms with Crippen LogP contribution in [0.5, 0.6) is 11.8 Å². The van der Waals surface area contributed by atoms with Crippen molar-refractivity contribution in [3.05, 3.63) is 40.2 Å². The maximum Gasteiger partial charge on any atom is 0.264 e. The lowest BCUT2D eigenvalue weighted by molar-refractivity contribution is 0.0936. The molecule has 0 saturated carbocycles. The summed E-state index contributed by atoms with van der Waals surface area (Å²) in [6.07, 6.45) is 0.776. The number of amides is 1. The minimum atomic E-state index is -0.256. The molecule has 1 aliphatic rings. The summed E-state index contributed by atoms with van der Waals surface area (Å²) < 4.78 is 10.2. The maximum absolute atomic E-state index is 12.5. The molecule has 2 N–H and O–H groups in total. The van der Waals surface area contributed by atoms with E-state index in [0.29, 0.717) is 23.8 Å². The van der Waals surface area contributed by atoms with Crippen molar-refractivity contribution in [1.29, 1.82) is 0 Å². The molecule has 25 heavy (non-hydrogen) atoms. The van der Waals surface area contributed by atoms with Gasteiger partial charge in [-0.3, -0.25) is 9.59 Å². The number of ether oxygens (including phenoxy) is 2. The number of aromatic nitrogens is 3. The fourth-order valence-corrected chi connectivity index (χ4v) is 2.73. The first-order valence-electron chi connectivity index (χ1n) is 7.81. The molecule has 1 unspecified atom stereocenters. The molecule has 1 aliphatic heterocycles. The molecule has 1 saturated heterocycles. The number of anilines is 1. The normalized spacial score (nSPS) is 16.6. The van der Waals surface area contributed by atoms with Crippen LogP contribution >= 0.6 is 0 Å². The average Bonchev–Trinajstić information content (AvgIpc) is 3.10. The van der Waals surface area contributed by atoms with Gasteiger partial charge in [-0.05, 0) is 18.6 Å². The van der Waals surface area contributed by atoms with Crippen molar-refractivity contribution in [2.45, 2.75) is 12.5 Å². The number of hydrogen-bond donors (Lipinski definition) is 2. The van der Waals surface area contributed by atoms with Gasteiger partial charge in [0.15, 0.2) is 0 Å². The van der Waals surface area contributed by atoms with E-state index in [1.165, 1.54) is 20.3 Å². The van der Waals surface area contributed by atoms with Gasteiger partial charge in [-0.15, -0.1) is 0 Å². The Balaban J connectivity index is 1.66. The summed E-state index contributed by atoms with van der Waals surface area (Å²) in [6.45, 7) is 1.35. The number of H-pyrrole nitrogens is 1. The Bertz CT molecular complexity index is 802. The lowest BCUT2D eigenvalue weighted by Crippen LogP contribution is -2.37. The summed E-state index contributed by atoms with van der Waals surface area (Å²) in [5, 5.41) is 9.40. The SMILES string of the molecule is COc1ccc(C(=O)NC2CCN(c3ccc(=O)[nH]n3)C2)c(OC)n1. The number of aromatic amines is 1. The average molecular weight is 345 g/mol. The Morgan fingerprint density at radius 3 is 2.80 bits per heavy atom. The molecule has 0 spiro atoms. The minimum Gasteiger partial charge on any atom is -0.481 e. The second-order valence-electron chi connectivity index (χ2n) is 5.59. The fraction of sp³-hybridized carbons (Fsp3) is 0.375. The largest absolute Gasteiger partial charge is 0.481 e. The van der Waals surface area contributed by atoms with Crippen LogP contribution in [0.25, 0.3) is 0 Å². The highest BCUT2D eigenvalue weighted by molar-refractivity contribution is 5.96. The van der Waals surface area contributed by atoms with Crippen molar-refractivity contribution in [2.24, 2.45) is 0 Å². The van der Waals surface area contributed by atoms with Crippen LogP contribution in [0.1, 0.15) is 16.8 Å². The summed E-state index contributed by atoms with van der Waals surface area (Å²) in [5.74, 6) is 1.02. The molecule has 132 valence electrons. The predicted molar refractivity (Wildman–Crippen MR) is 90.3 cm³/mol. The third-order valence-electron chi connectivity index (χ3n) is 3.99. The van der Waals surface area contributed by atoms with E-state index >= 15 is 0 Å². The molecule has 0 aromatic carbocycles. The number of carbonyl (C=O) groups excluding carboxylic acids is 1. The van der Waals surface area contributed by atoms with Crippen LogP contribution in [0, 0.1) is 0 Å². The Hall–Kier alpha value is -3.10. The molecule has 1 fully saturated rings. The third-order valence-corrected chi connectivity index (χ3v) is 3.99. The molecular weight excluding hydrogens is 326 g/mol. The van der Waals surface area contributed by atoms with Crippen LogP contribution in [0.15, 0.2) is 29.1 Å². The van der Waals surface area contributed by atoms with Gasteiger partial charge in [0.2, 0.25) is 11.8 Å². The molecule has 0 radical (unpaired) electrons. The molecule has 1 atom stereocenters. The van der Waals surface area contributed by atoms with E-state index in [-0.39, 0.29) is 23.4 Å². The second kappa shape index (κ2) is 7.20. The van der Waals surface area contributed by atoms with Crippen LogP contribution in [-0.4, -0.2) is 54.4 Å². The summed E-state index contributed by atoms with van der Waals surface area (Å²) in [5.41, 5.74) is 0.107. The van der Waals surface area contributed by atoms with E-state index < -0.39 is 0 Å². The van der Waals surface area contributed by atoms with Gasteiger partial charge < -0.3 is 19.7 Å². The molecule has 0 bridgehead atoms. The smallest absolute Gasteiger partial charge is 0.264 e. The van der Waals surface area contributed by atoms with E-state index in [1.54, 1.807) is 18.2 Å². The molecule has 9 heteroatoms. The van der Waals surface area contributed by atoms with Gasteiger partial charge in [-0.25, -0.2) is 5.10 Å². The summed E-state index contributed by atoms with van der Waals surface area (Å²) in [4.78, 5) is 29.7. The highest BCUT2D eigenvalue weighted by Crippen LogP contribution is 2.21. The highest BCUT2D eigenvalue weighted by atomic mass is 16.5. The standard InChI is InChI=1S/C16H19N5O4/c1-24-14-6-3-11(16(18-14)25-2)15(23)17-10-7-8-21(9-10)12-4-5-13(22)20-19-12/h3-6,10H,7-9H2,1-2H3,(H,17,23)(H,20,22). The van der Waals surface area contributed by atoms with E-state index in [0.717, 1.165) is 13.0 Å². The monoisotopic (exact) mass is 345 g/mol. The molecule has 9 nitrogen and oxygen atoms in total. The summed E-state index contributed by atoms with van der Waals surface area (Å²) in [6, 6.07) is 6.30. The Morgan fingerprint density at radius 2 is 2.12 bits per heavy atom. The summed E-state index contributed by atoms with van der Waals surface area (Å²) >= 11 is 0. The number of methoxy groups -OCH3 is 2. The van der Waals surface area contributed by atoms with Crippen LogP contribution < -0.4 is 25.2 Å². The van der Waals surface area contributed by atoms with Gasteiger partial charge in [-0.2, -0.15) is 10.1 Å². The molecule has 2 aromatic rings. The van der Waals surface area contributed by atoms with Gasteiger partial charge in [0.25, 0.3) is 11.5 Å². The number of nitrogens with zero attached hydrogens (tertiary/aromatic N) is 3. The second-order valence-corrected chi connectivity index (χ2v) is 5.59. The predicted octanol–water partition coefficient (Wildman–Crippen LogP) is 0.191. The number of hydrogen-bond acceptors (Lipinski definition) is 7. The fourth-order valence-electron chi connectivity index (χ4n) is 2.73. The molecule has 2 aromatic heterocycles. The molecule has 3 heterocycles. The first-order valence-corrected chi connectivity index (χ1v) is 7.81. The highest BCUT2D eigenvalue weighted by Gasteiger charge is 2.26. The Labute approximate surface area is 144 Å². The van der Waals surface area contributed by atoms with Gasteiger partial charge in [0, 0.05) is 31.3 Å². The first kappa shape index (κ1) is 16.7. The quantitative estimate of drug-likeness (QED) is 0.796. The van der Waals surface area contributed by atoms with E-state index in [2.05, 4.69) is 20.5 Å². The number of pyridine rings is 1. The lowest BCUT2D eigenvalue weighted by atomic mass is 10.2. The van der Waals surface area contributed by atoms with Crippen molar-refractivity contribution < 1.29 is 14.3 Å². The topological polar surface area (TPSA) is 109 Å². The van der Waals surface area contributed by atoms with Gasteiger partial charge >= 0.3 is 0 Å². The minimum absolute atomic E-state index is 0.0342. The van der Waals surface area contributed by atoms with Gasteiger partial charge in [-0.1, -0.05) is 0 Å². The Morgan fingerprint density at radius 1 is 1.28 bits per heavy atom. The van der Waals surface area contributed by atoms with E-state index in [4.69, 9.17) is 9.47 Å². The molecule has 1 amide bonds. The molecule has 0 aliphatic carbocycles. The molecule has 3 rings (SSSR count). The van der Waals surface area contributed by atoms with E-state index in [9.17, 15) is 9.59 Å². The third kappa shape index (κ3) is 3.70.